The van der Waals surface area contributed by atoms with Crippen LogP contribution in [0.3, 0.4) is 0 Å². The number of para-hydroxylation sites is 2. The molecule has 0 heterocycles. The minimum atomic E-state index is -4.17. The summed E-state index contributed by atoms with van der Waals surface area (Å²) in [5.74, 6) is -0.568. The van der Waals surface area contributed by atoms with Crippen molar-refractivity contribution in [2.45, 2.75) is 38.3 Å². The average molecular weight is 603 g/mol. The Balaban J connectivity index is 2.08. The number of aryl methyl sites for hydroxylation is 1. The summed E-state index contributed by atoms with van der Waals surface area (Å²) in [5.41, 5.74) is 1.93. The summed E-state index contributed by atoms with van der Waals surface area (Å²) in [6.45, 7) is 5.17. The van der Waals surface area contributed by atoms with Crippen molar-refractivity contribution in [2.24, 2.45) is 0 Å². The molecule has 0 aliphatic heterocycles. The van der Waals surface area contributed by atoms with Gasteiger partial charge in [-0.05, 0) is 62.7 Å². The van der Waals surface area contributed by atoms with Crippen molar-refractivity contribution >= 4 is 43.5 Å². The minimum Gasteiger partial charge on any atom is -0.492 e. The number of nitrogens with one attached hydrogen (secondary N) is 1. The number of sulfonamides is 1. The molecule has 8 nitrogen and oxygen atoms in total. The van der Waals surface area contributed by atoms with Crippen LogP contribution in [-0.2, 0) is 26.2 Å². The van der Waals surface area contributed by atoms with E-state index < -0.39 is 28.5 Å². The van der Waals surface area contributed by atoms with Crippen LogP contribution in [0.25, 0.3) is 0 Å². The number of amides is 2. The predicted octanol–water partition coefficient (Wildman–Crippen LogP) is 4.51. The molecule has 0 saturated carbocycles. The van der Waals surface area contributed by atoms with E-state index >= 15 is 0 Å². The minimum absolute atomic E-state index is 0.0426. The lowest BCUT2D eigenvalue weighted by Gasteiger charge is -2.32. The van der Waals surface area contributed by atoms with Crippen LogP contribution in [0.15, 0.2) is 82.2 Å². The standard InChI is InChI=1S/C28H32BrN3O5S/c1-5-37-26-9-7-6-8-25(26)32(38(35,36)24-16-10-20(2)11-17-24)19-27(33)31(21(3)28(34)30-4)18-22-12-14-23(29)15-13-22/h6-17,21H,5,18-19H2,1-4H3,(H,30,34)/t21-/m1/s1. The molecule has 0 bridgehead atoms. The molecule has 0 spiro atoms. The van der Waals surface area contributed by atoms with Gasteiger partial charge in [-0.3, -0.25) is 13.9 Å². The number of hydrogen-bond acceptors (Lipinski definition) is 5. The number of nitrogens with zero attached hydrogens (tertiary/aromatic N) is 2. The monoisotopic (exact) mass is 601 g/mol. The van der Waals surface area contributed by atoms with Crippen LogP contribution in [0.1, 0.15) is 25.0 Å². The van der Waals surface area contributed by atoms with Crippen LogP contribution in [0, 0.1) is 6.92 Å². The summed E-state index contributed by atoms with van der Waals surface area (Å²) in [6.07, 6.45) is 0. The SMILES string of the molecule is CCOc1ccccc1N(CC(=O)N(Cc1ccc(Br)cc1)[C@H](C)C(=O)NC)S(=O)(=O)c1ccc(C)cc1. The molecular weight excluding hydrogens is 570 g/mol. The Hall–Kier alpha value is -3.37. The van der Waals surface area contributed by atoms with Crippen molar-refractivity contribution in [3.05, 3.63) is 88.4 Å². The molecular formula is C28H32BrN3O5S. The van der Waals surface area contributed by atoms with Crippen molar-refractivity contribution in [2.75, 3.05) is 24.5 Å². The summed E-state index contributed by atoms with van der Waals surface area (Å²) >= 11 is 3.40. The number of carbonyl (C=O) groups is 2. The number of hydrogen-bond donors (Lipinski definition) is 1. The third kappa shape index (κ3) is 6.93. The summed E-state index contributed by atoms with van der Waals surface area (Å²) in [4.78, 5) is 27.9. The van der Waals surface area contributed by atoms with E-state index in [2.05, 4.69) is 21.2 Å². The van der Waals surface area contributed by atoms with Crippen LogP contribution in [0.4, 0.5) is 5.69 Å². The molecule has 0 saturated heterocycles. The molecule has 0 unspecified atom stereocenters. The topological polar surface area (TPSA) is 96.0 Å². The number of anilines is 1. The maximum absolute atomic E-state index is 13.9. The van der Waals surface area contributed by atoms with Gasteiger partial charge in [-0.15, -0.1) is 0 Å². The van der Waals surface area contributed by atoms with Gasteiger partial charge >= 0.3 is 0 Å². The van der Waals surface area contributed by atoms with Crippen molar-refractivity contribution in [1.82, 2.24) is 10.2 Å². The second kappa shape index (κ2) is 12.9. The van der Waals surface area contributed by atoms with Crippen LogP contribution in [0.2, 0.25) is 0 Å². The fourth-order valence-corrected chi connectivity index (χ4v) is 5.56. The van der Waals surface area contributed by atoms with Crippen LogP contribution >= 0.6 is 15.9 Å². The Labute approximate surface area is 232 Å². The number of benzene rings is 3. The molecule has 38 heavy (non-hydrogen) atoms. The van der Waals surface area contributed by atoms with Crippen molar-refractivity contribution in [1.29, 1.82) is 0 Å². The van der Waals surface area contributed by atoms with Gasteiger partial charge in [-0.25, -0.2) is 8.42 Å². The van der Waals surface area contributed by atoms with Gasteiger partial charge in [0.25, 0.3) is 10.0 Å². The second-order valence-electron chi connectivity index (χ2n) is 8.66. The lowest BCUT2D eigenvalue weighted by atomic mass is 10.1. The predicted molar refractivity (Wildman–Crippen MR) is 152 cm³/mol. The fourth-order valence-electron chi connectivity index (χ4n) is 3.87. The zero-order valence-electron chi connectivity index (χ0n) is 21.8. The van der Waals surface area contributed by atoms with Crippen molar-refractivity contribution in [3.8, 4) is 5.75 Å². The molecule has 3 aromatic carbocycles. The first kappa shape index (κ1) is 29.2. The second-order valence-corrected chi connectivity index (χ2v) is 11.4. The molecule has 3 rings (SSSR count). The van der Waals surface area contributed by atoms with E-state index in [1.165, 1.54) is 24.1 Å². The largest absolute Gasteiger partial charge is 0.492 e. The third-order valence-electron chi connectivity index (χ3n) is 6.00. The fraction of sp³-hybridized carbons (Fsp3) is 0.286. The zero-order chi connectivity index (χ0) is 27.9. The summed E-state index contributed by atoms with van der Waals surface area (Å²) in [7, 11) is -2.68. The molecule has 0 fully saturated rings. The van der Waals surface area contributed by atoms with Gasteiger partial charge in [0.1, 0.15) is 18.3 Å². The molecule has 0 aliphatic carbocycles. The highest BCUT2D eigenvalue weighted by molar-refractivity contribution is 9.10. The highest BCUT2D eigenvalue weighted by Gasteiger charge is 2.33. The van der Waals surface area contributed by atoms with Gasteiger partial charge in [-0.2, -0.15) is 0 Å². The summed E-state index contributed by atoms with van der Waals surface area (Å²) in [5, 5.41) is 2.58. The maximum atomic E-state index is 13.9. The number of ether oxygens (including phenoxy) is 1. The molecule has 0 aromatic heterocycles. The van der Waals surface area contributed by atoms with E-state index in [1.54, 1.807) is 50.2 Å². The van der Waals surface area contributed by atoms with Gasteiger partial charge in [0, 0.05) is 18.1 Å². The first-order valence-electron chi connectivity index (χ1n) is 12.1. The third-order valence-corrected chi connectivity index (χ3v) is 8.30. The average Bonchev–Trinajstić information content (AvgIpc) is 2.91. The molecule has 3 aromatic rings. The van der Waals surface area contributed by atoms with Crippen molar-refractivity contribution in [3.63, 3.8) is 0 Å². The number of likely N-dealkylation sites (N-methyl/N-ethyl adjacent to an activating group) is 1. The Morgan fingerprint density at radius 2 is 1.63 bits per heavy atom. The highest BCUT2D eigenvalue weighted by Crippen LogP contribution is 2.33. The zero-order valence-corrected chi connectivity index (χ0v) is 24.3. The lowest BCUT2D eigenvalue weighted by Crippen LogP contribution is -2.50. The first-order valence-corrected chi connectivity index (χ1v) is 14.4. The van der Waals surface area contributed by atoms with E-state index in [0.717, 1.165) is 19.9 Å². The quantitative estimate of drug-likeness (QED) is 0.349. The molecule has 202 valence electrons. The van der Waals surface area contributed by atoms with Crippen molar-refractivity contribution < 1.29 is 22.7 Å². The van der Waals surface area contributed by atoms with E-state index in [1.807, 2.05) is 31.2 Å². The van der Waals surface area contributed by atoms with Gasteiger partial charge in [-0.1, -0.05) is 57.9 Å². The molecule has 2 amide bonds. The van der Waals surface area contributed by atoms with Crippen LogP contribution < -0.4 is 14.4 Å². The molecule has 0 aliphatic rings. The van der Waals surface area contributed by atoms with E-state index in [9.17, 15) is 18.0 Å². The molecule has 10 heteroatoms. The van der Waals surface area contributed by atoms with Gasteiger partial charge in [0.15, 0.2) is 0 Å². The van der Waals surface area contributed by atoms with Gasteiger partial charge < -0.3 is 15.0 Å². The molecule has 1 atom stereocenters. The van der Waals surface area contributed by atoms with Gasteiger partial charge in [0.05, 0.1) is 17.2 Å². The highest BCUT2D eigenvalue weighted by atomic mass is 79.9. The molecule has 0 radical (unpaired) electrons. The number of rotatable bonds is 11. The van der Waals surface area contributed by atoms with Crippen LogP contribution in [0.5, 0.6) is 5.75 Å². The Morgan fingerprint density at radius 3 is 2.24 bits per heavy atom. The molecule has 1 N–H and O–H groups in total. The smallest absolute Gasteiger partial charge is 0.264 e. The maximum Gasteiger partial charge on any atom is 0.264 e. The van der Waals surface area contributed by atoms with E-state index in [4.69, 9.17) is 4.74 Å². The number of halogens is 1. The normalized spacial score (nSPS) is 11.9. The Kier molecular flexibility index (Phi) is 9.93. The summed E-state index contributed by atoms with van der Waals surface area (Å²) < 4.78 is 35.5. The van der Waals surface area contributed by atoms with Gasteiger partial charge in [0.2, 0.25) is 11.8 Å². The van der Waals surface area contributed by atoms with Crippen LogP contribution in [-0.4, -0.2) is 51.4 Å². The lowest BCUT2D eigenvalue weighted by molar-refractivity contribution is -0.139. The summed E-state index contributed by atoms with van der Waals surface area (Å²) in [6, 6.07) is 19.6. The van der Waals surface area contributed by atoms with E-state index in [0.29, 0.717) is 12.4 Å². The van der Waals surface area contributed by atoms with E-state index in [-0.39, 0.29) is 23.0 Å². The Morgan fingerprint density at radius 1 is 1.00 bits per heavy atom. The first-order chi connectivity index (χ1) is 18.1. The number of carbonyl (C=O) groups excluding carboxylic acids is 2. The Bertz CT molecular complexity index is 1360.